The van der Waals surface area contributed by atoms with E-state index in [2.05, 4.69) is 37.4 Å². The number of hydrogen-bond acceptors (Lipinski definition) is 7. The molecule has 2 aliphatic heterocycles. The molecule has 11 nitrogen and oxygen atoms in total. The van der Waals surface area contributed by atoms with Gasteiger partial charge in [-0.2, -0.15) is 5.10 Å². The summed E-state index contributed by atoms with van der Waals surface area (Å²) in [6, 6.07) is 15.9. The van der Waals surface area contributed by atoms with Crippen molar-refractivity contribution in [3.63, 3.8) is 0 Å². The Morgan fingerprint density at radius 3 is 2.90 bits per heavy atom. The van der Waals surface area contributed by atoms with Gasteiger partial charge in [-0.25, -0.2) is 9.97 Å². The number of likely N-dealkylation sites (tertiary alicyclic amines) is 1. The lowest BCUT2D eigenvalue weighted by molar-refractivity contribution is -0.130. The van der Waals surface area contributed by atoms with Crippen LogP contribution in [0.15, 0.2) is 61.2 Å². The monoisotopic (exact) mass is 556 g/mol. The second-order valence-corrected chi connectivity index (χ2v) is 10.9. The van der Waals surface area contributed by atoms with E-state index in [1.807, 2.05) is 41.3 Å². The van der Waals surface area contributed by atoms with Crippen LogP contribution in [-0.4, -0.2) is 85.2 Å². The van der Waals surface area contributed by atoms with Crippen molar-refractivity contribution < 1.29 is 14.3 Å². The Morgan fingerprint density at radius 2 is 2.02 bits per heavy atom. The number of carbonyl (C=O) groups excluding carboxylic acids is 2. The van der Waals surface area contributed by atoms with E-state index >= 15 is 0 Å². The first kappa shape index (κ1) is 26.9. The third-order valence-corrected chi connectivity index (χ3v) is 7.87. The van der Waals surface area contributed by atoms with Crippen LogP contribution in [0.2, 0.25) is 0 Å². The van der Waals surface area contributed by atoms with Crippen molar-refractivity contribution >= 4 is 22.8 Å². The van der Waals surface area contributed by atoms with Crippen LogP contribution in [0.5, 0.6) is 5.75 Å². The molecule has 2 aromatic carbocycles. The Bertz CT molecular complexity index is 1440. The van der Waals surface area contributed by atoms with Crippen molar-refractivity contribution in [1.82, 2.24) is 39.8 Å². The van der Waals surface area contributed by atoms with Gasteiger partial charge in [0.15, 0.2) is 0 Å². The summed E-state index contributed by atoms with van der Waals surface area (Å²) < 4.78 is 7.83. The van der Waals surface area contributed by atoms with Gasteiger partial charge >= 0.3 is 0 Å². The van der Waals surface area contributed by atoms with Gasteiger partial charge in [0, 0.05) is 32.0 Å². The normalized spacial score (nSPS) is 20.3. The number of benzene rings is 2. The highest BCUT2D eigenvalue weighted by Crippen LogP contribution is 2.31. The number of ether oxygens (including phenoxy) is 1. The van der Waals surface area contributed by atoms with E-state index < -0.39 is 0 Å². The molecule has 1 fully saturated rings. The van der Waals surface area contributed by atoms with Crippen LogP contribution in [0.25, 0.3) is 11.0 Å². The fourth-order valence-corrected chi connectivity index (χ4v) is 5.81. The van der Waals surface area contributed by atoms with Gasteiger partial charge in [0.25, 0.3) is 0 Å². The zero-order chi connectivity index (χ0) is 28.0. The lowest BCUT2D eigenvalue weighted by atomic mass is 9.94. The van der Waals surface area contributed by atoms with E-state index in [-0.39, 0.29) is 30.3 Å². The Morgan fingerprint density at radius 1 is 1.10 bits per heavy atom. The summed E-state index contributed by atoms with van der Waals surface area (Å²) in [7, 11) is 0. The summed E-state index contributed by atoms with van der Waals surface area (Å²) in [6.07, 6.45) is 6.03. The molecule has 2 aromatic heterocycles. The molecule has 0 aliphatic carbocycles. The van der Waals surface area contributed by atoms with Gasteiger partial charge in [-0.05, 0) is 55.6 Å². The smallest absolute Gasteiger partial charge is 0.234 e. The minimum atomic E-state index is -0.187. The highest BCUT2D eigenvalue weighted by atomic mass is 16.5. The number of imidazole rings is 1. The maximum absolute atomic E-state index is 13.4. The van der Waals surface area contributed by atoms with Gasteiger partial charge in [0.05, 0.1) is 36.8 Å². The Kier molecular flexibility index (Phi) is 8.22. The fourth-order valence-electron chi connectivity index (χ4n) is 5.81. The van der Waals surface area contributed by atoms with Crippen LogP contribution >= 0.6 is 0 Å². The summed E-state index contributed by atoms with van der Waals surface area (Å²) >= 11 is 0. The van der Waals surface area contributed by atoms with Gasteiger partial charge in [-0.1, -0.05) is 24.3 Å². The predicted molar refractivity (Wildman–Crippen MR) is 153 cm³/mol. The molecule has 4 aromatic rings. The van der Waals surface area contributed by atoms with Gasteiger partial charge in [-0.15, -0.1) is 0 Å². The van der Waals surface area contributed by atoms with Crippen molar-refractivity contribution in [2.45, 2.75) is 50.7 Å². The number of aromatic amines is 1. The van der Waals surface area contributed by atoms with Crippen molar-refractivity contribution in [3.05, 3.63) is 72.6 Å². The van der Waals surface area contributed by atoms with E-state index in [9.17, 15) is 9.59 Å². The second kappa shape index (κ2) is 12.5. The molecule has 0 spiro atoms. The molecular formula is C30H36N8O3. The largest absolute Gasteiger partial charge is 0.494 e. The number of rotatable bonds is 6. The number of fused-ring (bicyclic) bond motifs is 5. The number of carbonyl (C=O) groups is 2. The molecule has 2 amide bonds. The number of para-hydroxylation sites is 2. The molecular weight excluding hydrogens is 520 g/mol. The number of amides is 2. The van der Waals surface area contributed by atoms with Crippen LogP contribution in [-0.2, 0) is 22.7 Å². The minimum Gasteiger partial charge on any atom is -0.494 e. The summed E-state index contributed by atoms with van der Waals surface area (Å²) in [5, 5.41) is 7.39. The van der Waals surface area contributed by atoms with Crippen molar-refractivity contribution in [2.24, 2.45) is 0 Å². The van der Waals surface area contributed by atoms with E-state index in [1.54, 1.807) is 11.0 Å². The van der Waals surface area contributed by atoms with Crippen LogP contribution in [0.4, 0.5) is 0 Å². The molecule has 0 unspecified atom stereocenters. The quantitative estimate of drug-likeness (QED) is 0.375. The first-order valence-electron chi connectivity index (χ1n) is 14.4. The first-order chi connectivity index (χ1) is 20.1. The number of nitrogens with one attached hydrogen (secondary N) is 2. The number of aryl methyl sites for hydroxylation is 1. The number of hydrogen-bond donors (Lipinski definition) is 2. The van der Waals surface area contributed by atoms with E-state index in [0.29, 0.717) is 45.6 Å². The van der Waals surface area contributed by atoms with Crippen molar-refractivity contribution in [2.75, 3.05) is 32.8 Å². The van der Waals surface area contributed by atoms with Crippen molar-refractivity contribution in [3.8, 4) is 5.75 Å². The number of nitrogens with zero attached hydrogens (tertiary/aromatic N) is 6. The highest BCUT2D eigenvalue weighted by Gasteiger charge is 2.37. The number of H-pyrrole nitrogens is 1. The van der Waals surface area contributed by atoms with E-state index in [0.717, 1.165) is 47.6 Å². The molecule has 6 rings (SSSR count). The van der Waals surface area contributed by atoms with Crippen LogP contribution in [0.3, 0.4) is 0 Å². The van der Waals surface area contributed by atoms with Gasteiger partial charge in [0.1, 0.15) is 24.2 Å². The highest BCUT2D eigenvalue weighted by molar-refractivity contribution is 5.80. The molecule has 214 valence electrons. The molecule has 2 aliphatic rings. The third-order valence-electron chi connectivity index (χ3n) is 7.87. The Balaban J connectivity index is 1.16. The SMILES string of the molecule is O=C1CN(Cc2nc3ccccc3[nH]2)CCCCOc2cccc(c2)[C@H]2CN(C(=O)CCCn3cncn3)C[C@@H]2N1. The summed E-state index contributed by atoms with van der Waals surface area (Å²) in [6.45, 7) is 3.84. The van der Waals surface area contributed by atoms with Gasteiger partial charge in [0.2, 0.25) is 11.8 Å². The van der Waals surface area contributed by atoms with E-state index in [1.165, 1.54) is 6.33 Å². The summed E-state index contributed by atoms with van der Waals surface area (Å²) in [4.78, 5) is 42.7. The molecule has 0 radical (unpaired) electrons. The van der Waals surface area contributed by atoms with Crippen LogP contribution in [0, 0.1) is 0 Å². The van der Waals surface area contributed by atoms with Gasteiger partial charge in [-0.3, -0.25) is 19.2 Å². The Hall–Kier alpha value is -4.25. The van der Waals surface area contributed by atoms with E-state index in [4.69, 9.17) is 9.72 Å². The molecule has 41 heavy (non-hydrogen) atoms. The minimum absolute atomic E-state index is 0.0199. The molecule has 4 heterocycles. The third kappa shape index (κ3) is 6.74. The maximum Gasteiger partial charge on any atom is 0.234 e. The summed E-state index contributed by atoms with van der Waals surface area (Å²) in [5.41, 5.74) is 2.98. The zero-order valence-corrected chi connectivity index (χ0v) is 23.1. The lowest BCUT2D eigenvalue weighted by Crippen LogP contribution is -2.45. The first-order valence-corrected chi connectivity index (χ1v) is 14.4. The molecule has 2 atom stereocenters. The lowest BCUT2D eigenvalue weighted by Gasteiger charge is -2.25. The average molecular weight is 557 g/mol. The number of aromatic nitrogens is 5. The Labute approximate surface area is 238 Å². The predicted octanol–water partition coefficient (Wildman–Crippen LogP) is 2.72. The molecule has 11 heteroatoms. The topological polar surface area (TPSA) is 121 Å². The zero-order valence-electron chi connectivity index (χ0n) is 23.1. The standard InChI is InChI=1S/C30H36N8O3/c39-29-19-36(18-28-33-25-9-1-2-10-26(25)34-28)12-3-4-14-41-23-8-5-7-22(15-23)24-16-37(17-27(24)35-29)30(40)11-6-13-38-21-31-20-32-38/h1-2,5,7-10,15,20-21,24,27H,3-4,6,11-14,16-19H2,(H,33,34)(H,35,39)/t24-,27+/m1/s1. The maximum atomic E-state index is 13.4. The second-order valence-electron chi connectivity index (χ2n) is 10.9. The molecule has 0 saturated carbocycles. The molecule has 2 bridgehead atoms. The molecule has 2 N–H and O–H groups in total. The summed E-state index contributed by atoms with van der Waals surface area (Å²) in [5.74, 6) is 1.69. The van der Waals surface area contributed by atoms with Crippen molar-refractivity contribution in [1.29, 1.82) is 0 Å². The molecule has 1 saturated heterocycles. The van der Waals surface area contributed by atoms with Crippen LogP contribution in [0.1, 0.15) is 43.0 Å². The fraction of sp³-hybridized carbons (Fsp3) is 0.433. The van der Waals surface area contributed by atoms with Crippen LogP contribution < -0.4 is 10.1 Å². The average Bonchev–Trinajstić information content (AvgIpc) is 3.72. The van der Waals surface area contributed by atoms with Gasteiger partial charge < -0.3 is 19.9 Å².